The van der Waals surface area contributed by atoms with Gasteiger partial charge in [0.25, 0.3) is 0 Å². The maximum atomic E-state index is 13.1. The Bertz CT molecular complexity index is 1040. The van der Waals surface area contributed by atoms with Gasteiger partial charge in [-0.3, -0.25) is 4.79 Å². The van der Waals surface area contributed by atoms with Crippen molar-refractivity contribution in [3.05, 3.63) is 59.1 Å². The molecule has 1 N–H and O–H groups in total. The van der Waals surface area contributed by atoms with E-state index in [-0.39, 0.29) is 16.5 Å². The zero-order valence-electron chi connectivity index (χ0n) is 15.2. The summed E-state index contributed by atoms with van der Waals surface area (Å²) in [6.45, 7) is 3.82. The van der Waals surface area contributed by atoms with E-state index >= 15 is 0 Å². The van der Waals surface area contributed by atoms with Crippen LogP contribution in [0, 0.1) is 0 Å². The number of carbonyl (C=O) groups excluding carboxylic acids is 1. The van der Waals surface area contributed by atoms with E-state index in [0.717, 1.165) is 4.31 Å². The Morgan fingerprint density at radius 2 is 1.86 bits per heavy atom. The monoisotopic (exact) mass is 456 g/mol. The molecule has 2 aromatic carbocycles. The lowest BCUT2D eigenvalue weighted by Crippen LogP contribution is -2.38. The fraction of sp³-hybridized carbons (Fsp3) is 0.211. The first kappa shape index (κ1) is 21.4. The second kappa shape index (κ2) is 9.04. The predicted molar refractivity (Wildman–Crippen MR) is 111 cm³/mol. The molecule has 0 saturated heterocycles. The van der Waals surface area contributed by atoms with E-state index in [9.17, 15) is 13.2 Å². The fourth-order valence-corrected chi connectivity index (χ4v) is 4.50. The van der Waals surface area contributed by atoms with Gasteiger partial charge in [-0.25, -0.2) is 8.42 Å². The Morgan fingerprint density at radius 1 is 1.14 bits per heavy atom. The van der Waals surface area contributed by atoms with E-state index in [1.165, 1.54) is 36.4 Å². The van der Waals surface area contributed by atoms with Gasteiger partial charge in [0, 0.05) is 17.6 Å². The number of ether oxygens (including phenoxy) is 2. The maximum absolute atomic E-state index is 13.1. The van der Waals surface area contributed by atoms with Crippen molar-refractivity contribution >= 4 is 44.8 Å². The van der Waals surface area contributed by atoms with Gasteiger partial charge in [-0.15, -0.1) is 6.58 Å². The number of benzene rings is 2. The minimum atomic E-state index is -3.99. The van der Waals surface area contributed by atoms with Crippen LogP contribution in [0.15, 0.2) is 53.9 Å². The van der Waals surface area contributed by atoms with Crippen molar-refractivity contribution in [2.24, 2.45) is 0 Å². The number of anilines is 1. The Morgan fingerprint density at radius 3 is 2.55 bits per heavy atom. The minimum Gasteiger partial charge on any atom is -0.486 e. The summed E-state index contributed by atoms with van der Waals surface area (Å²) in [7, 11) is -3.99. The quantitative estimate of drug-likeness (QED) is 0.643. The number of nitrogens with one attached hydrogen (secondary N) is 1. The largest absolute Gasteiger partial charge is 0.486 e. The molecule has 2 aromatic rings. The number of rotatable bonds is 7. The van der Waals surface area contributed by atoms with Crippen molar-refractivity contribution in [3.8, 4) is 11.5 Å². The Labute approximate surface area is 178 Å². The highest BCUT2D eigenvalue weighted by molar-refractivity contribution is 7.89. The Kier molecular flexibility index (Phi) is 6.69. The van der Waals surface area contributed by atoms with Crippen LogP contribution in [0.5, 0.6) is 11.5 Å². The Hall–Kier alpha value is -2.26. The molecule has 7 nitrogen and oxygen atoms in total. The number of carbonyl (C=O) groups is 1. The molecule has 1 amide bonds. The van der Waals surface area contributed by atoms with Crippen molar-refractivity contribution in [2.75, 3.05) is 31.6 Å². The average Bonchev–Trinajstić information content (AvgIpc) is 2.69. The molecule has 0 radical (unpaired) electrons. The van der Waals surface area contributed by atoms with Gasteiger partial charge in [0.2, 0.25) is 15.9 Å². The number of hydrogen-bond acceptors (Lipinski definition) is 5. The van der Waals surface area contributed by atoms with Gasteiger partial charge in [-0.05, 0) is 30.3 Å². The molecule has 0 saturated carbocycles. The number of sulfonamides is 1. The van der Waals surface area contributed by atoms with Crippen LogP contribution in [0.1, 0.15) is 0 Å². The van der Waals surface area contributed by atoms with Gasteiger partial charge in [0.15, 0.2) is 11.5 Å². The molecule has 1 aliphatic heterocycles. The summed E-state index contributed by atoms with van der Waals surface area (Å²) in [5, 5.41) is 3.25. The summed E-state index contributed by atoms with van der Waals surface area (Å²) in [5.41, 5.74) is 0.330. The summed E-state index contributed by atoms with van der Waals surface area (Å²) in [6, 6.07) is 8.90. The Balaban J connectivity index is 1.80. The highest BCUT2D eigenvalue weighted by atomic mass is 35.5. The van der Waals surface area contributed by atoms with E-state index in [0.29, 0.717) is 35.4 Å². The third-order valence-electron chi connectivity index (χ3n) is 4.01. The van der Waals surface area contributed by atoms with Crippen molar-refractivity contribution in [2.45, 2.75) is 4.90 Å². The highest BCUT2D eigenvalue weighted by Gasteiger charge is 2.27. The lowest BCUT2D eigenvalue weighted by atomic mass is 10.3. The third kappa shape index (κ3) is 5.02. The normalized spacial score (nSPS) is 13.2. The predicted octanol–water partition coefficient (Wildman–Crippen LogP) is 3.58. The van der Waals surface area contributed by atoms with Crippen molar-refractivity contribution in [1.82, 2.24) is 4.31 Å². The standard InChI is InChI=1S/C19H18Cl2N2O5S/c1-2-7-23(12-19(24)22-16-5-3-13(20)10-15(16)21)29(25,26)14-4-6-17-18(11-14)28-9-8-27-17/h2-6,10-11H,1,7-9,12H2,(H,22,24). The molecule has 1 heterocycles. The van der Waals surface area contributed by atoms with Gasteiger partial charge >= 0.3 is 0 Å². The molecule has 154 valence electrons. The molecule has 0 fully saturated rings. The fourth-order valence-electron chi connectivity index (χ4n) is 2.67. The van der Waals surface area contributed by atoms with Crippen LogP contribution in [-0.4, -0.2) is 44.9 Å². The van der Waals surface area contributed by atoms with E-state index in [4.69, 9.17) is 32.7 Å². The van der Waals surface area contributed by atoms with Gasteiger partial charge in [0.05, 0.1) is 22.2 Å². The van der Waals surface area contributed by atoms with Crippen LogP contribution in [0.3, 0.4) is 0 Å². The van der Waals surface area contributed by atoms with Crippen LogP contribution in [0.4, 0.5) is 5.69 Å². The summed E-state index contributed by atoms with van der Waals surface area (Å²) in [6.07, 6.45) is 1.40. The first-order valence-corrected chi connectivity index (χ1v) is 10.8. The summed E-state index contributed by atoms with van der Waals surface area (Å²) < 4.78 is 38.0. The molecule has 0 unspecified atom stereocenters. The van der Waals surface area contributed by atoms with Crippen LogP contribution < -0.4 is 14.8 Å². The first-order chi connectivity index (χ1) is 13.8. The molecular formula is C19H18Cl2N2O5S. The summed E-state index contributed by atoms with van der Waals surface area (Å²) in [5.74, 6) is 0.256. The van der Waals surface area contributed by atoms with Crippen LogP contribution in [-0.2, 0) is 14.8 Å². The minimum absolute atomic E-state index is 0.0130. The van der Waals surface area contributed by atoms with E-state index in [2.05, 4.69) is 11.9 Å². The maximum Gasteiger partial charge on any atom is 0.243 e. The van der Waals surface area contributed by atoms with E-state index in [1.54, 1.807) is 6.07 Å². The summed E-state index contributed by atoms with van der Waals surface area (Å²) in [4.78, 5) is 12.4. The molecule has 0 aromatic heterocycles. The second-order valence-electron chi connectivity index (χ2n) is 6.06. The average molecular weight is 457 g/mol. The second-order valence-corrected chi connectivity index (χ2v) is 8.85. The molecule has 0 atom stereocenters. The van der Waals surface area contributed by atoms with Crippen LogP contribution >= 0.6 is 23.2 Å². The number of halogens is 2. The molecule has 1 aliphatic rings. The van der Waals surface area contributed by atoms with Gasteiger partial charge in [-0.2, -0.15) is 4.31 Å². The smallest absolute Gasteiger partial charge is 0.243 e. The molecule has 3 rings (SSSR count). The van der Waals surface area contributed by atoms with Crippen LogP contribution in [0.2, 0.25) is 10.0 Å². The summed E-state index contributed by atoms with van der Waals surface area (Å²) >= 11 is 11.9. The van der Waals surface area contributed by atoms with E-state index in [1.807, 2.05) is 0 Å². The SMILES string of the molecule is C=CCN(CC(=O)Nc1ccc(Cl)cc1Cl)S(=O)(=O)c1ccc2c(c1)OCCO2. The molecule has 0 spiro atoms. The lowest BCUT2D eigenvalue weighted by Gasteiger charge is -2.22. The zero-order valence-corrected chi connectivity index (χ0v) is 17.6. The number of fused-ring (bicyclic) bond motifs is 1. The third-order valence-corrected chi connectivity index (χ3v) is 6.36. The molecule has 10 heteroatoms. The van der Waals surface area contributed by atoms with Gasteiger partial charge in [0.1, 0.15) is 13.2 Å². The molecule has 0 aliphatic carbocycles. The molecular weight excluding hydrogens is 439 g/mol. The topological polar surface area (TPSA) is 84.9 Å². The van der Waals surface area contributed by atoms with Crippen molar-refractivity contribution < 1.29 is 22.7 Å². The van der Waals surface area contributed by atoms with Crippen molar-refractivity contribution in [1.29, 1.82) is 0 Å². The van der Waals surface area contributed by atoms with Crippen molar-refractivity contribution in [3.63, 3.8) is 0 Å². The zero-order chi connectivity index (χ0) is 21.0. The number of nitrogens with zero attached hydrogens (tertiary/aromatic N) is 1. The van der Waals surface area contributed by atoms with Crippen LogP contribution in [0.25, 0.3) is 0 Å². The highest BCUT2D eigenvalue weighted by Crippen LogP contribution is 2.33. The molecule has 0 bridgehead atoms. The first-order valence-electron chi connectivity index (χ1n) is 8.57. The number of amides is 1. The lowest BCUT2D eigenvalue weighted by molar-refractivity contribution is -0.116. The van der Waals surface area contributed by atoms with Gasteiger partial charge < -0.3 is 14.8 Å². The number of hydrogen-bond donors (Lipinski definition) is 1. The van der Waals surface area contributed by atoms with E-state index < -0.39 is 22.5 Å². The van der Waals surface area contributed by atoms with Gasteiger partial charge in [-0.1, -0.05) is 29.3 Å². The molecule has 29 heavy (non-hydrogen) atoms.